The van der Waals surface area contributed by atoms with Crippen LogP contribution in [0.5, 0.6) is 0 Å². The summed E-state index contributed by atoms with van der Waals surface area (Å²) in [4.78, 5) is 35.9. The van der Waals surface area contributed by atoms with Gasteiger partial charge in [0, 0.05) is 16.5 Å². The van der Waals surface area contributed by atoms with Gasteiger partial charge < -0.3 is 10.2 Å². The van der Waals surface area contributed by atoms with E-state index < -0.39 is 29.6 Å². The van der Waals surface area contributed by atoms with Crippen LogP contribution in [0.25, 0.3) is 0 Å². The van der Waals surface area contributed by atoms with E-state index in [0.29, 0.717) is 5.56 Å². The minimum Gasteiger partial charge on any atom is -0.480 e. The fraction of sp³-hybridized carbons (Fsp3) is 0.167. The van der Waals surface area contributed by atoms with Gasteiger partial charge in [-0.3, -0.25) is 14.4 Å². The quantitative estimate of drug-likeness (QED) is 0.558. The van der Waals surface area contributed by atoms with Gasteiger partial charge in [0.15, 0.2) is 11.2 Å². The van der Waals surface area contributed by atoms with Gasteiger partial charge in [-0.05, 0) is 24.1 Å². The molecule has 0 atom stereocenters. The molecular weight excluding hydrogens is 376 g/mol. The van der Waals surface area contributed by atoms with Gasteiger partial charge in [0.25, 0.3) is 0 Å². The topological polar surface area (TPSA) is 91.7 Å². The number of carbonyl (C=O) groups excluding carboxylic acids is 1. The van der Waals surface area contributed by atoms with Crippen LogP contribution in [0.15, 0.2) is 59.1 Å². The van der Waals surface area contributed by atoms with Crippen LogP contribution in [-0.2, 0) is 16.0 Å². The van der Waals surface area contributed by atoms with Crippen molar-refractivity contribution in [3.8, 4) is 0 Å². The molecular formula is C18H15BrO5. The number of halogens is 1. The lowest BCUT2D eigenvalue weighted by Gasteiger charge is -2.24. The van der Waals surface area contributed by atoms with Crippen LogP contribution in [0.2, 0.25) is 0 Å². The summed E-state index contributed by atoms with van der Waals surface area (Å²) >= 11 is 3.25. The molecule has 6 heteroatoms. The summed E-state index contributed by atoms with van der Waals surface area (Å²) in [5.74, 6) is -3.57. The molecule has 0 amide bonds. The summed E-state index contributed by atoms with van der Waals surface area (Å²) in [5.41, 5.74) is -1.38. The van der Waals surface area contributed by atoms with Crippen LogP contribution in [0, 0.1) is 5.41 Å². The zero-order valence-corrected chi connectivity index (χ0v) is 14.2. The minimum absolute atomic E-state index is 0.263. The van der Waals surface area contributed by atoms with Crippen LogP contribution < -0.4 is 0 Å². The van der Waals surface area contributed by atoms with Crippen molar-refractivity contribution < 1.29 is 24.6 Å². The Morgan fingerprint density at radius 3 is 1.92 bits per heavy atom. The maximum Gasteiger partial charge on any atom is 0.321 e. The molecule has 0 aliphatic heterocycles. The Hall–Kier alpha value is -2.47. The molecule has 2 aromatic carbocycles. The van der Waals surface area contributed by atoms with E-state index in [9.17, 15) is 24.6 Å². The number of hydrogen-bond acceptors (Lipinski definition) is 3. The van der Waals surface area contributed by atoms with Crippen LogP contribution >= 0.6 is 15.9 Å². The lowest BCUT2D eigenvalue weighted by Crippen LogP contribution is -2.43. The van der Waals surface area contributed by atoms with Crippen LogP contribution in [0.1, 0.15) is 22.3 Å². The molecule has 0 fully saturated rings. The van der Waals surface area contributed by atoms with Crippen molar-refractivity contribution >= 4 is 33.7 Å². The summed E-state index contributed by atoms with van der Waals surface area (Å²) in [6, 6.07) is 14.8. The van der Waals surface area contributed by atoms with Crippen molar-refractivity contribution in [3.63, 3.8) is 0 Å². The average Bonchev–Trinajstić information content (AvgIpc) is 2.55. The zero-order valence-electron chi connectivity index (χ0n) is 12.6. The molecule has 0 aromatic heterocycles. The Labute approximate surface area is 147 Å². The number of carboxylic acid groups (broad SMARTS) is 2. The van der Waals surface area contributed by atoms with Crippen molar-refractivity contribution in [1.29, 1.82) is 0 Å². The molecule has 0 bridgehead atoms. The molecule has 0 saturated heterocycles. The molecule has 0 aliphatic rings. The van der Waals surface area contributed by atoms with Crippen LogP contribution in [0.3, 0.4) is 0 Å². The number of hydrogen-bond donors (Lipinski definition) is 2. The number of Topliss-reactive ketones (excluding diaryl/α,β-unsaturated/α-hetero) is 1. The van der Waals surface area contributed by atoms with Gasteiger partial charge in [-0.15, -0.1) is 0 Å². The van der Waals surface area contributed by atoms with Gasteiger partial charge in [0.1, 0.15) is 0 Å². The Balaban J connectivity index is 2.35. The van der Waals surface area contributed by atoms with Crippen molar-refractivity contribution in [2.75, 3.05) is 0 Å². The van der Waals surface area contributed by atoms with Gasteiger partial charge in [-0.25, -0.2) is 0 Å². The van der Waals surface area contributed by atoms with Gasteiger partial charge in [0.2, 0.25) is 0 Å². The fourth-order valence-electron chi connectivity index (χ4n) is 2.41. The van der Waals surface area contributed by atoms with Crippen LogP contribution in [0.4, 0.5) is 0 Å². The second-order valence-electron chi connectivity index (χ2n) is 5.46. The summed E-state index contributed by atoms with van der Waals surface area (Å²) in [6.45, 7) is 0. The Kier molecular flexibility index (Phi) is 5.51. The molecule has 124 valence electrons. The van der Waals surface area contributed by atoms with Crippen molar-refractivity contribution in [3.05, 3.63) is 70.2 Å². The van der Waals surface area contributed by atoms with E-state index in [4.69, 9.17) is 0 Å². The lowest BCUT2D eigenvalue weighted by atomic mass is 9.76. The molecule has 0 heterocycles. The van der Waals surface area contributed by atoms with Crippen molar-refractivity contribution in [1.82, 2.24) is 0 Å². The van der Waals surface area contributed by atoms with Crippen LogP contribution in [-0.4, -0.2) is 27.9 Å². The first kappa shape index (κ1) is 17.9. The Bertz CT molecular complexity index is 739. The number of carbonyl (C=O) groups is 3. The van der Waals surface area contributed by atoms with E-state index in [1.165, 1.54) is 12.1 Å². The van der Waals surface area contributed by atoms with Gasteiger partial charge in [-0.1, -0.05) is 58.4 Å². The highest BCUT2D eigenvalue weighted by Gasteiger charge is 2.48. The average molecular weight is 391 g/mol. The second kappa shape index (κ2) is 7.40. The number of carboxylic acids is 2. The number of ketones is 1. The Morgan fingerprint density at radius 1 is 0.875 bits per heavy atom. The number of rotatable bonds is 7. The van der Waals surface area contributed by atoms with E-state index in [1.54, 1.807) is 42.5 Å². The fourth-order valence-corrected chi connectivity index (χ4v) is 2.68. The monoisotopic (exact) mass is 390 g/mol. The minimum atomic E-state index is -2.20. The maximum absolute atomic E-state index is 12.4. The highest BCUT2D eigenvalue weighted by atomic mass is 79.9. The van der Waals surface area contributed by atoms with E-state index in [2.05, 4.69) is 15.9 Å². The zero-order chi connectivity index (χ0) is 17.7. The first-order chi connectivity index (χ1) is 11.3. The highest BCUT2D eigenvalue weighted by molar-refractivity contribution is 9.10. The Morgan fingerprint density at radius 2 is 1.42 bits per heavy atom. The summed E-state index contributed by atoms with van der Waals surface area (Å²) < 4.78 is 0.770. The predicted molar refractivity (Wildman–Crippen MR) is 90.9 cm³/mol. The van der Waals surface area contributed by atoms with Crippen molar-refractivity contribution in [2.45, 2.75) is 12.8 Å². The third-order valence-corrected chi connectivity index (χ3v) is 4.32. The first-order valence-corrected chi connectivity index (χ1v) is 7.94. The molecule has 0 aliphatic carbocycles. The predicted octanol–water partition coefficient (Wildman–Crippen LogP) is 3.42. The van der Waals surface area contributed by atoms with E-state index in [0.717, 1.165) is 4.47 Å². The SMILES string of the molecule is O=C(CC(Cc1ccccc1)(C(=O)O)C(=O)O)c1ccc(Br)cc1. The number of aliphatic carboxylic acids is 2. The summed E-state index contributed by atoms with van der Waals surface area (Å²) in [6.07, 6.45) is -0.880. The van der Waals surface area contributed by atoms with E-state index in [-0.39, 0.29) is 12.0 Å². The third-order valence-electron chi connectivity index (χ3n) is 3.80. The maximum atomic E-state index is 12.4. The van der Waals surface area contributed by atoms with E-state index >= 15 is 0 Å². The molecule has 5 nitrogen and oxygen atoms in total. The normalized spacial score (nSPS) is 11.0. The molecule has 24 heavy (non-hydrogen) atoms. The highest BCUT2D eigenvalue weighted by Crippen LogP contribution is 2.30. The molecule has 0 saturated carbocycles. The third kappa shape index (κ3) is 3.89. The summed E-state index contributed by atoms with van der Waals surface area (Å²) in [5, 5.41) is 19.1. The first-order valence-electron chi connectivity index (χ1n) is 7.14. The molecule has 0 radical (unpaired) electrons. The van der Waals surface area contributed by atoms with Gasteiger partial charge in [-0.2, -0.15) is 0 Å². The van der Waals surface area contributed by atoms with Gasteiger partial charge in [0.05, 0.1) is 0 Å². The molecule has 2 N–H and O–H groups in total. The second-order valence-corrected chi connectivity index (χ2v) is 6.38. The molecule has 0 spiro atoms. The molecule has 2 rings (SSSR count). The summed E-state index contributed by atoms with van der Waals surface area (Å²) in [7, 11) is 0. The van der Waals surface area contributed by atoms with Gasteiger partial charge >= 0.3 is 11.9 Å². The smallest absolute Gasteiger partial charge is 0.321 e. The standard InChI is InChI=1S/C18H15BrO5/c19-14-8-6-13(7-9-14)15(20)11-18(16(21)22,17(23)24)10-12-4-2-1-3-5-12/h1-9H,10-11H2,(H,21,22)(H,23,24). The largest absolute Gasteiger partial charge is 0.480 e. The van der Waals surface area contributed by atoms with Crippen molar-refractivity contribution in [2.24, 2.45) is 5.41 Å². The lowest BCUT2D eigenvalue weighted by molar-refractivity contribution is -0.164. The molecule has 0 unspecified atom stereocenters. The molecule has 2 aromatic rings. The number of benzene rings is 2. The van der Waals surface area contributed by atoms with E-state index in [1.807, 2.05) is 0 Å².